The van der Waals surface area contributed by atoms with Crippen molar-refractivity contribution in [1.82, 2.24) is 9.62 Å². The topological polar surface area (TPSA) is 122 Å². The van der Waals surface area contributed by atoms with Gasteiger partial charge in [-0.15, -0.1) is 0 Å². The van der Waals surface area contributed by atoms with E-state index in [2.05, 4.69) is 19.2 Å². The molecule has 0 spiro atoms. The number of esters is 1. The first-order chi connectivity index (χ1) is 14.7. The number of amides is 1. The normalized spacial score (nSPS) is 25.0. The van der Waals surface area contributed by atoms with Crippen LogP contribution < -0.4 is 5.32 Å². The predicted molar refractivity (Wildman–Crippen MR) is 112 cm³/mol. The number of nitrogens with one attached hydrogen (secondary N) is 1. The molecule has 1 aromatic rings. The van der Waals surface area contributed by atoms with Crippen molar-refractivity contribution in [2.45, 2.75) is 44.0 Å². The number of nitrogens with zero attached hydrogens (tertiary/aromatic N) is 1. The molecule has 172 valence electrons. The largest absolute Gasteiger partial charge is 0.507 e. The third-order valence-corrected chi connectivity index (χ3v) is 8.08. The molecule has 0 aromatic heterocycles. The number of carbonyl (C=O) groups excluding carboxylic acids is 2. The van der Waals surface area contributed by atoms with E-state index in [1.165, 1.54) is 10.4 Å². The van der Waals surface area contributed by atoms with E-state index >= 15 is 0 Å². The van der Waals surface area contributed by atoms with Crippen LogP contribution in [0.1, 0.15) is 43.5 Å². The molecule has 1 aliphatic heterocycles. The maximum atomic E-state index is 12.8. The molecule has 10 heteroatoms. The van der Waals surface area contributed by atoms with Gasteiger partial charge in [-0.25, -0.2) is 13.2 Å². The molecular weight excluding hydrogens is 424 g/mol. The molecule has 31 heavy (non-hydrogen) atoms. The van der Waals surface area contributed by atoms with Gasteiger partial charge in [-0.2, -0.15) is 4.31 Å². The summed E-state index contributed by atoms with van der Waals surface area (Å²) < 4.78 is 37.1. The van der Waals surface area contributed by atoms with Gasteiger partial charge in [0.15, 0.2) is 6.61 Å². The van der Waals surface area contributed by atoms with E-state index in [9.17, 15) is 23.1 Å². The standard InChI is InChI=1S/C21H30N2O7S/c1-14-4-3-5-18(15(14)2)22-20(25)13-30-21(26)17-12-16(6-7-19(17)24)31(27,28)23-8-10-29-11-9-23/h6-7,12,14-15,18,24H,3-5,8-11,13H2,1-2H3,(H,22,25). The van der Waals surface area contributed by atoms with Crippen molar-refractivity contribution >= 4 is 21.9 Å². The van der Waals surface area contributed by atoms with Crippen LogP contribution in [0.3, 0.4) is 0 Å². The summed E-state index contributed by atoms with van der Waals surface area (Å²) in [6.07, 6.45) is 3.05. The third-order valence-electron chi connectivity index (χ3n) is 6.18. The number of sulfonamides is 1. The predicted octanol–water partition coefficient (Wildman–Crippen LogP) is 1.51. The number of aromatic hydroxyl groups is 1. The SMILES string of the molecule is CC1CCCC(NC(=O)COC(=O)c2cc(S(=O)(=O)N3CCOCC3)ccc2O)C1C. The Morgan fingerprint density at radius 2 is 1.94 bits per heavy atom. The van der Waals surface area contributed by atoms with Gasteiger partial charge >= 0.3 is 5.97 Å². The summed E-state index contributed by atoms with van der Waals surface area (Å²) in [6, 6.07) is 3.47. The molecule has 1 aromatic carbocycles. The van der Waals surface area contributed by atoms with Crippen molar-refractivity contribution in [1.29, 1.82) is 0 Å². The van der Waals surface area contributed by atoms with E-state index in [-0.39, 0.29) is 29.6 Å². The molecule has 1 aliphatic carbocycles. The van der Waals surface area contributed by atoms with E-state index in [1.807, 2.05) is 0 Å². The highest BCUT2D eigenvalue weighted by Gasteiger charge is 2.30. The van der Waals surface area contributed by atoms with Gasteiger partial charge in [0.1, 0.15) is 11.3 Å². The molecule has 2 aliphatic rings. The van der Waals surface area contributed by atoms with Crippen LogP contribution in [0, 0.1) is 11.8 Å². The number of hydrogen-bond acceptors (Lipinski definition) is 7. The Morgan fingerprint density at radius 1 is 1.23 bits per heavy atom. The van der Waals surface area contributed by atoms with Crippen LogP contribution in [-0.4, -0.2) is 68.7 Å². The van der Waals surface area contributed by atoms with Crippen LogP contribution in [0.15, 0.2) is 23.1 Å². The lowest BCUT2D eigenvalue weighted by molar-refractivity contribution is -0.125. The molecule has 1 heterocycles. The number of phenolic OH excluding ortho intramolecular Hbond substituents is 1. The first-order valence-corrected chi connectivity index (χ1v) is 12.0. The van der Waals surface area contributed by atoms with Crippen LogP contribution >= 0.6 is 0 Å². The van der Waals surface area contributed by atoms with Gasteiger partial charge in [0, 0.05) is 19.1 Å². The summed E-state index contributed by atoms with van der Waals surface area (Å²) in [4.78, 5) is 24.6. The highest BCUT2D eigenvalue weighted by atomic mass is 32.2. The summed E-state index contributed by atoms with van der Waals surface area (Å²) in [5.41, 5.74) is -0.304. The summed E-state index contributed by atoms with van der Waals surface area (Å²) in [7, 11) is -3.84. The summed E-state index contributed by atoms with van der Waals surface area (Å²) in [5.74, 6) is -0.956. The minimum absolute atomic E-state index is 0.0327. The highest BCUT2D eigenvalue weighted by molar-refractivity contribution is 7.89. The first-order valence-electron chi connectivity index (χ1n) is 10.6. The van der Waals surface area contributed by atoms with Gasteiger partial charge in [0.05, 0.1) is 18.1 Å². The van der Waals surface area contributed by atoms with Crippen LogP contribution in [0.2, 0.25) is 0 Å². The fourth-order valence-corrected chi connectivity index (χ4v) is 5.45. The molecule has 3 rings (SSSR count). The molecule has 3 unspecified atom stereocenters. The number of benzene rings is 1. The Labute approximate surface area is 182 Å². The molecule has 1 amide bonds. The van der Waals surface area contributed by atoms with Crippen molar-refractivity contribution in [3.05, 3.63) is 23.8 Å². The molecule has 0 radical (unpaired) electrons. The number of rotatable bonds is 6. The lowest BCUT2D eigenvalue weighted by Crippen LogP contribution is -2.45. The van der Waals surface area contributed by atoms with Gasteiger partial charge in [-0.3, -0.25) is 4.79 Å². The second kappa shape index (κ2) is 9.97. The zero-order valence-electron chi connectivity index (χ0n) is 17.9. The van der Waals surface area contributed by atoms with E-state index in [1.54, 1.807) is 0 Å². The van der Waals surface area contributed by atoms with Crippen molar-refractivity contribution in [2.75, 3.05) is 32.9 Å². The molecule has 0 bridgehead atoms. The lowest BCUT2D eigenvalue weighted by Gasteiger charge is -2.34. The van der Waals surface area contributed by atoms with E-state index in [0.717, 1.165) is 31.4 Å². The van der Waals surface area contributed by atoms with E-state index in [0.29, 0.717) is 25.0 Å². The van der Waals surface area contributed by atoms with Gasteiger partial charge in [-0.05, 0) is 36.5 Å². The quantitative estimate of drug-likeness (QED) is 0.625. The maximum absolute atomic E-state index is 12.8. The average molecular weight is 455 g/mol. The van der Waals surface area contributed by atoms with Crippen LogP contribution in [0.4, 0.5) is 0 Å². The molecular formula is C21H30N2O7S. The summed E-state index contributed by atoms with van der Waals surface area (Å²) >= 11 is 0. The zero-order chi connectivity index (χ0) is 22.6. The average Bonchev–Trinajstić information content (AvgIpc) is 2.76. The number of carbonyl (C=O) groups is 2. The Hall–Kier alpha value is -2.17. The summed E-state index contributed by atoms with van der Waals surface area (Å²) in [6.45, 7) is 4.75. The van der Waals surface area contributed by atoms with Crippen LogP contribution in [-0.2, 0) is 24.3 Å². The second-order valence-corrected chi connectivity index (χ2v) is 10.2. The fraction of sp³-hybridized carbons (Fsp3) is 0.619. The van der Waals surface area contributed by atoms with Gasteiger partial charge in [0.2, 0.25) is 10.0 Å². The van der Waals surface area contributed by atoms with Crippen molar-refractivity contribution in [3.63, 3.8) is 0 Å². The van der Waals surface area contributed by atoms with Gasteiger partial charge < -0.3 is 19.9 Å². The molecule has 9 nitrogen and oxygen atoms in total. The Kier molecular flexibility index (Phi) is 7.55. The van der Waals surface area contributed by atoms with E-state index in [4.69, 9.17) is 9.47 Å². The van der Waals surface area contributed by atoms with Crippen molar-refractivity contribution in [3.8, 4) is 5.75 Å². The number of morpholine rings is 1. The summed E-state index contributed by atoms with van der Waals surface area (Å²) in [5, 5.41) is 12.9. The highest BCUT2D eigenvalue weighted by Crippen LogP contribution is 2.29. The maximum Gasteiger partial charge on any atom is 0.342 e. The molecule has 1 saturated carbocycles. The second-order valence-electron chi connectivity index (χ2n) is 8.21. The molecule has 3 atom stereocenters. The minimum Gasteiger partial charge on any atom is -0.507 e. The minimum atomic E-state index is -3.84. The number of ether oxygens (including phenoxy) is 2. The molecule has 2 fully saturated rings. The third kappa shape index (κ3) is 5.55. The van der Waals surface area contributed by atoms with E-state index < -0.39 is 34.3 Å². The van der Waals surface area contributed by atoms with Gasteiger partial charge in [-0.1, -0.05) is 26.7 Å². The van der Waals surface area contributed by atoms with Crippen LogP contribution in [0.25, 0.3) is 0 Å². The van der Waals surface area contributed by atoms with Crippen molar-refractivity contribution in [2.24, 2.45) is 11.8 Å². The first kappa shape index (κ1) is 23.5. The monoisotopic (exact) mass is 454 g/mol. The van der Waals surface area contributed by atoms with Crippen LogP contribution in [0.5, 0.6) is 5.75 Å². The lowest BCUT2D eigenvalue weighted by atomic mass is 9.78. The fourth-order valence-electron chi connectivity index (χ4n) is 4.02. The zero-order valence-corrected chi connectivity index (χ0v) is 18.7. The molecule has 2 N–H and O–H groups in total. The van der Waals surface area contributed by atoms with Crippen molar-refractivity contribution < 1.29 is 32.6 Å². The van der Waals surface area contributed by atoms with Gasteiger partial charge in [0.25, 0.3) is 5.91 Å². The Balaban J connectivity index is 1.63. The Bertz CT molecular complexity index is 912. The Morgan fingerprint density at radius 3 is 2.65 bits per heavy atom. The molecule has 1 saturated heterocycles. The number of phenols is 1. The number of hydrogen-bond donors (Lipinski definition) is 2. The smallest absolute Gasteiger partial charge is 0.342 e.